The molecule has 0 fully saturated rings. The molecule has 0 radical (unpaired) electrons. The van der Waals surface area contributed by atoms with Crippen molar-refractivity contribution in [1.82, 2.24) is 19.8 Å². The summed E-state index contributed by atoms with van der Waals surface area (Å²) in [6.45, 7) is 3.68. The molecule has 0 aliphatic heterocycles. The van der Waals surface area contributed by atoms with Crippen molar-refractivity contribution in [3.63, 3.8) is 0 Å². The lowest BCUT2D eigenvalue weighted by molar-refractivity contribution is 0.101. The summed E-state index contributed by atoms with van der Waals surface area (Å²) in [5.74, 6) is 1.42. The van der Waals surface area contributed by atoms with Gasteiger partial charge in [0.05, 0.1) is 44.0 Å². The van der Waals surface area contributed by atoms with Crippen LogP contribution >= 0.6 is 0 Å². The van der Waals surface area contributed by atoms with Gasteiger partial charge in [0.25, 0.3) is 5.91 Å². The Morgan fingerprint density at radius 1 is 0.906 bits per heavy atom. The molecule has 0 atom stereocenters. The van der Waals surface area contributed by atoms with Gasteiger partial charge in [-0.25, -0.2) is 4.52 Å². The molecule has 2 heterocycles. The lowest BCUT2D eigenvalue weighted by Gasteiger charge is -2.12. The van der Waals surface area contributed by atoms with Gasteiger partial charge >= 0.3 is 0 Å². The Balaban J connectivity index is 1.72. The number of carbonyl (C=O) groups is 1. The Morgan fingerprint density at radius 2 is 1.59 bits per heavy atom. The number of nitrogens with zero attached hydrogens (tertiary/aromatic N) is 4. The third-order valence-electron chi connectivity index (χ3n) is 5.19. The number of hydrogen-bond donors (Lipinski definition) is 1. The summed E-state index contributed by atoms with van der Waals surface area (Å²) in [5, 5.41) is 16.0. The van der Waals surface area contributed by atoms with Crippen molar-refractivity contribution >= 4 is 17.2 Å². The first-order valence-electron chi connectivity index (χ1n) is 9.87. The SMILES string of the molecule is COc1ccc(-c2c(C)nn3c(C)c(C(=O)Nc4cc(OC)ccc4OC)nnc23)cc1. The van der Waals surface area contributed by atoms with Crippen LogP contribution in [0.15, 0.2) is 42.5 Å². The predicted molar refractivity (Wildman–Crippen MR) is 120 cm³/mol. The Morgan fingerprint density at radius 3 is 2.25 bits per heavy atom. The van der Waals surface area contributed by atoms with Crippen molar-refractivity contribution < 1.29 is 19.0 Å². The molecule has 0 saturated carbocycles. The first kappa shape index (κ1) is 21.1. The van der Waals surface area contributed by atoms with Gasteiger partial charge < -0.3 is 19.5 Å². The number of carbonyl (C=O) groups excluding carboxylic acids is 1. The summed E-state index contributed by atoms with van der Waals surface area (Å²) in [6.07, 6.45) is 0. The highest BCUT2D eigenvalue weighted by molar-refractivity contribution is 6.04. The van der Waals surface area contributed by atoms with Crippen molar-refractivity contribution in [2.75, 3.05) is 26.6 Å². The molecule has 4 aromatic rings. The molecule has 32 heavy (non-hydrogen) atoms. The number of amides is 1. The second-order valence-electron chi connectivity index (χ2n) is 7.08. The van der Waals surface area contributed by atoms with Crippen molar-refractivity contribution in [3.05, 3.63) is 59.5 Å². The van der Waals surface area contributed by atoms with Crippen molar-refractivity contribution in [1.29, 1.82) is 0 Å². The molecular weight excluding hydrogens is 410 g/mol. The van der Waals surface area contributed by atoms with Crippen LogP contribution in [-0.2, 0) is 0 Å². The van der Waals surface area contributed by atoms with E-state index in [9.17, 15) is 4.79 Å². The van der Waals surface area contributed by atoms with Gasteiger partial charge in [-0.1, -0.05) is 12.1 Å². The molecule has 164 valence electrons. The maximum atomic E-state index is 13.0. The van der Waals surface area contributed by atoms with Crippen molar-refractivity contribution in [2.24, 2.45) is 0 Å². The van der Waals surface area contributed by atoms with Gasteiger partial charge in [0, 0.05) is 6.07 Å². The van der Waals surface area contributed by atoms with E-state index in [1.54, 1.807) is 43.9 Å². The Hall–Kier alpha value is -4.14. The maximum Gasteiger partial charge on any atom is 0.278 e. The molecule has 9 nitrogen and oxygen atoms in total. The number of fused-ring (bicyclic) bond motifs is 1. The predicted octanol–water partition coefficient (Wildman–Crippen LogP) is 3.69. The fraction of sp³-hybridized carbons (Fsp3) is 0.217. The zero-order valence-electron chi connectivity index (χ0n) is 18.5. The van der Waals surface area contributed by atoms with E-state index >= 15 is 0 Å². The number of methoxy groups -OCH3 is 3. The first-order chi connectivity index (χ1) is 15.5. The molecule has 2 aromatic heterocycles. The average molecular weight is 433 g/mol. The highest BCUT2D eigenvalue weighted by Crippen LogP contribution is 2.31. The summed E-state index contributed by atoms with van der Waals surface area (Å²) in [6, 6.07) is 12.8. The Bertz CT molecular complexity index is 1300. The molecule has 0 unspecified atom stereocenters. The lowest BCUT2D eigenvalue weighted by Crippen LogP contribution is -2.19. The van der Waals surface area contributed by atoms with Crippen LogP contribution < -0.4 is 19.5 Å². The van der Waals surface area contributed by atoms with Gasteiger partial charge in [-0.05, 0) is 43.7 Å². The lowest BCUT2D eigenvalue weighted by atomic mass is 10.1. The monoisotopic (exact) mass is 433 g/mol. The fourth-order valence-corrected chi connectivity index (χ4v) is 3.51. The van der Waals surface area contributed by atoms with Crippen LogP contribution in [0, 0.1) is 13.8 Å². The summed E-state index contributed by atoms with van der Waals surface area (Å²) >= 11 is 0. The Kier molecular flexibility index (Phi) is 5.63. The van der Waals surface area contributed by atoms with Crippen molar-refractivity contribution in [2.45, 2.75) is 13.8 Å². The van der Waals surface area contributed by atoms with Gasteiger partial charge in [0.2, 0.25) is 0 Å². The third kappa shape index (κ3) is 3.68. The van der Waals surface area contributed by atoms with Crippen LogP contribution in [0.25, 0.3) is 16.8 Å². The van der Waals surface area contributed by atoms with E-state index in [4.69, 9.17) is 14.2 Å². The van der Waals surface area contributed by atoms with Crippen molar-refractivity contribution in [3.8, 4) is 28.4 Å². The smallest absolute Gasteiger partial charge is 0.278 e. The molecule has 4 rings (SSSR count). The summed E-state index contributed by atoms with van der Waals surface area (Å²) < 4.78 is 17.4. The summed E-state index contributed by atoms with van der Waals surface area (Å²) in [5.41, 5.74) is 4.33. The van der Waals surface area contributed by atoms with Gasteiger partial charge in [-0.3, -0.25) is 4.79 Å². The van der Waals surface area contributed by atoms with E-state index in [0.717, 1.165) is 22.6 Å². The zero-order valence-corrected chi connectivity index (χ0v) is 18.5. The van der Waals surface area contributed by atoms with Crippen LogP contribution in [0.5, 0.6) is 17.2 Å². The van der Waals surface area contributed by atoms with Gasteiger partial charge in [-0.2, -0.15) is 5.10 Å². The van der Waals surface area contributed by atoms with Crippen LogP contribution in [0.1, 0.15) is 21.9 Å². The molecule has 0 bridgehead atoms. The Labute approximate surface area is 185 Å². The molecule has 0 saturated heterocycles. The minimum absolute atomic E-state index is 0.158. The van der Waals surface area contributed by atoms with Gasteiger partial charge in [-0.15, -0.1) is 10.2 Å². The van der Waals surface area contributed by atoms with E-state index in [1.165, 1.54) is 7.11 Å². The van der Waals surface area contributed by atoms with E-state index in [-0.39, 0.29) is 5.69 Å². The third-order valence-corrected chi connectivity index (χ3v) is 5.19. The minimum atomic E-state index is -0.428. The van der Waals surface area contributed by atoms with Crippen LogP contribution in [0.2, 0.25) is 0 Å². The highest BCUT2D eigenvalue weighted by Gasteiger charge is 2.21. The number of ether oxygens (including phenoxy) is 3. The number of rotatable bonds is 6. The molecule has 9 heteroatoms. The molecular formula is C23H23N5O4. The molecule has 2 aromatic carbocycles. The van der Waals surface area contributed by atoms with E-state index in [1.807, 2.05) is 31.2 Å². The average Bonchev–Trinajstić information content (AvgIpc) is 3.16. The number of aryl methyl sites for hydroxylation is 2. The largest absolute Gasteiger partial charge is 0.497 e. The molecule has 0 spiro atoms. The zero-order chi connectivity index (χ0) is 22.8. The number of anilines is 1. The van der Waals surface area contributed by atoms with Gasteiger partial charge in [0.15, 0.2) is 11.3 Å². The quantitative estimate of drug-likeness (QED) is 0.495. The molecule has 0 aliphatic carbocycles. The summed E-state index contributed by atoms with van der Waals surface area (Å²) in [4.78, 5) is 13.0. The number of nitrogens with one attached hydrogen (secondary N) is 1. The van der Waals surface area contributed by atoms with E-state index in [0.29, 0.717) is 28.5 Å². The maximum absolute atomic E-state index is 13.0. The topological polar surface area (TPSA) is 99.9 Å². The van der Waals surface area contributed by atoms with Crippen LogP contribution in [0.4, 0.5) is 5.69 Å². The van der Waals surface area contributed by atoms with E-state index in [2.05, 4.69) is 20.6 Å². The number of hydrogen-bond acceptors (Lipinski definition) is 7. The highest BCUT2D eigenvalue weighted by atomic mass is 16.5. The van der Waals surface area contributed by atoms with E-state index < -0.39 is 5.91 Å². The number of aromatic nitrogens is 4. The second-order valence-corrected chi connectivity index (χ2v) is 7.08. The van der Waals surface area contributed by atoms with Crippen LogP contribution in [-0.4, -0.2) is 47.0 Å². The number of benzene rings is 2. The van der Waals surface area contributed by atoms with Crippen LogP contribution in [0.3, 0.4) is 0 Å². The molecule has 0 aliphatic rings. The normalized spacial score (nSPS) is 10.8. The van der Waals surface area contributed by atoms with Gasteiger partial charge in [0.1, 0.15) is 17.2 Å². The fourth-order valence-electron chi connectivity index (χ4n) is 3.51. The molecule has 1 amide bonds. The standard InChI is InChI=1S/C23H23N5O4/c1-13-20(15-6-8-16(30-3)9-7-15)22-26-25-21(14(2)28(22)27-13)23(29)24-18-12-17(31-4)10-11-19(18)32-5/h6-12H,1-5H3,(H,24,29). The molecule has 1 N–H and O–H groups in total. The first-order valence-corrected chi connectivity index (χ1v) is 9.87. The summed E-state index contributed by atoms with van der Waals surface area (Å²) in [7, 11) is 4.71. The minimum Gasteiger partial charge on any atom is -0.497 e. The second kappa shape index (κ2) is 8.54.